The molecule has 94 valence electrons. The van der Waals surface area contributed by atoms with Crippen molar-refractivity contribution in [2.75, 3.05) is 18.5 Å². The van der Waals surface area contributed by atoms with Crippen molar-refractivity contribution >= 4 is 23.1 Å². The van der Waals surface area contributed by atoms with Gasteiger partial charge in [0.05, 0.1) is 4.92 Å². The summed E-state index contributed by atoms with van der Waals surface area (Å²) in [5.74, 6) is 0.303. The molecule has 0 bridgehead atoms. The minimum absolute atomic E-state index is 0.0205. The lowest BCUT2D eigenvalue weighted by Crippen LogP contribution is -2.30. The van der Waals surface area contributed by atoms with Crippen LogP contribution in [0.5, 0.6) is 0 Å². The van der Waals surface area contributed by atoms with Gasteiger partial charge in [-0.15, -0.1) is 0 Å². The lowest BCUT2D eigenvalue weighted by Gasteiger charge is -2.27. The highest BCUT2D eigenvalue weighted by Crippen LogP contribution is 2.28. The zero-order valence-corrected chi connectivity index (χ0v) is 11.2. The van der Waals surface area contributed by atoms with Crippen LogP contribution in [0, 0.1) is 15.5 Å². The molecule has 0 saturated heterocycles. The fraction of sp³-hybridized carbons (Fsp3) is 0.545. The molecule has 1 rings (SSSR count). The molecule has 0 unspecified atom stereocenters. The first kappa shape index (κ1) is 13.7. The van der Waals surface area contributed by atoms with E-state index in [-0.39, 0.29) is 16.3 Å². The van der Waals surface area contributed by atoms with Gasteiger partial charge in [-0.1, -0.05) is 32.4 Å². The number of anilines is 1. The maximum atomic E-state index is 10.9. The zero-order valence-electron chi connectivity index (χ0n) is 10.4. The molecule has 0 fully saturated rings. The van der Waals surface area contributed by atoms with Crippen LogP contribution in [0.4, 0.5) is 11.5 Å². The SMILES string of the molecule is CN(CC(C)(C)C)c1nc(Cl)ccc1[N+](=O)[O-]. The highest BCUT2D eigenvalue weighted by Gasteiger charge is 2.22. The summed E-state index contributed by atoms with van der Waals surface area (Å²) in [7, 11) is 1.77. The predicted octanol–water partition coefficient (Wildman–Crippen LogP) is 3.13. The lowest BCUT2D eigenvalue weighted by molar-refractivity contribution is -0.384. The summed E-state index contributed by atoms with van der Waals surface area (Å²) in [6.45, 7) is 6.82. The van der Waals surface area contributed by atoms with E-state index < -0.39 is 4.92 Å². The number of pyridine rings is 1. The Labute approximate surface area is 106 Å². The Morgan fingerprint density at radius 2 is 2.06 bits per heavy atom. The van der Waals surface area contributed by atoms with E-state index in [0.717, 1.165) is 0 Å². The second-order valence-corrected chi connectivity index (χ2v) is 5.54. The molecule has 0 spiro atoms. The quantitative estimate of drug-likeness (QED) is 0.474. The molecule has 0 N–H and O–H groups in total. The van der Waals surface area contributed by atoms with Crippen LogP contribution in [-0.4, -0.2) is 23.5 Å². The third-order valence-electron chi connectivity index (χ3n) is 2.09. The summed E-state index contributed by atoms with van der Waals surface area (Å²) in [5, 5.41) is 11.2. The van der Waals surface area contributed by atoms with Gasteiger partial charge in [0, 0.05) is 19.7 Å². The van der Waals surface area contributed by atoms with Gasteiger partial charge in [0.25, 0.3) is 0 Å². The summed E-state index contributed by atoms with van der Waals surface area (Å²) >= 11 is 5.78. The van der Waals surface area contributed by atoms with Crippen molar-refractivity contribution in [3.05, 3.63) is 27.4 Å². The maximum absolute atomic E-state index is 10.9. The Kier molecular flexibility index (Phi) is 3.93. The number of nitro groups is 1. The van der Waals surface area contributed by atoms with Gasteiger partial charge in [-0.25, -0.2) is 4.98 Å². The van der Waals surface area contributed by atoms with Crippen molar-refractivity contribution in [3.63, 3.8) is 0 Å². The first-order valence-electron chi connectivity index (χ1n) is 5.23. The van der Waals surface area contributed by atoms with E-state index >= 15 is 0 Å². The third kappa shape index (κ3) is 3.85. The molecule has 0 amide bonds. The molecule has 0 aliphatic heterocycles. The Morgan fingerprint density at radius 3 is 2.53 bits per heavy atom. The smallest absolute Gasteiger partial charge is 0.311 e. The number of nitrogens with zero attached hydrogens (tertiary/aromatic N) is 3. The molecular weight excluding hydrogens is 242 g/mol. The van der Waals surface area contributed by atoms with Crippen molar-refractivity contribution in [2.45, 2.75) is 20.8 Å². The summed E-state index contributed by atoms with van der Waals surface area (Å²) in [5.41, 5.74) is -0.00626. The molecule has 6 heteroatoms. The highest BCUT2D eigenvalue weighted by molar-refractivity contribution is 6.29. The van der Waals surface area contributed by atoms with Gasteiger partial charge in [-0.2, -0.15) is 0 Å². The summed E-state index contributed by atoms with van der Waals surface area (Å²) in [4.78, 5) is 16.2. The largest absolute Gasteiger partial charge is 0.353 e. The van der Waals surface area contributed by atoms with Gasteiger partial charge < -0.3 is 4.90 Å². The Morgan fingerprint density at radius 1 is 1.47 bits per heavy atom. The first-order chi connectivity index (χ1) is 7.70. The van der Waals surface area contributed by atoms with Crippen LogP contribution >= 0.6 is 11.6 Å². The van der Waals surface area contributed by atoms with Crippen LogP contribution in [0.15, 0.2) is 12.1 Å². The monoisotopic (exact) mass is 257 g/mol. The lowest BCUT2D eigenvalue weighted by atomic mass is 9.96. The summed E-state index contributed by atoms with van der Waals surface area (Å²) in [6.07, 6.45) is 0. The normalized spacial score (nSPS) is 11.4. The van der Waals surface area contributed by atoms with Gasteiger partial charge >= 0.3 is 5.69 Å². The molecule has 1 aromatic heterocycles. The van der Waals surface area contributed by atoms with E-state index in [0.29, 0.717) is 12.4 Å². The van der Waals surface area contributed by atoms with Gasteiger partial charge in [-0.3, -0.25) is 10.1 Å². The van der Waals surface area contributed by atoms with E-state index in [1.165, 1.54) is 12.1 Å². The number of hydrogen-bond donors (Lipinski definition) is 0. The number of rotatable bonds is 3. The Balaban J connectivity index is 3.10. The molecule has 17 heavy (non-hydrogen) atoms. The van der Waals surface area contributed by atoms with Crippen LogP contribution < -0.4 is 4.90 Å². The van der Waals surface area contributed by atoms with Gasteiger partial charge in [0.15, 0.2) is 0 Å². The van der Waals surface area contributed by atoms with Gasteiger partial charge in [0.1, 0.15) is 5.15 Å². The van der Waals surface area contributed by atoms with Crippen molar-refractivity contribution < 1.29 is 4.92 Å². The topological polar surface area (TPSA) is 59.3 Å². The third-order valence-corrected chi connectivity index (χ3v) is 2.30. The Bertz CT molecular complexity index is 429. The number of aromatic nitrogens is 1. The van der Waals surface area contributed by atoms with Crippen LogP contribution in [-0.2, 0) is 0 Å². The molecular formula is C11H16ClN3O2. The van der Waals surface area contributed by atoms with Crippen molar-refractivity contribution in [3.8, 4) is 0 Å². The fourth-order valence-electron chi connectivity index (χ4n) is 1.63. The van der Waals surface area contributed by atoms with Crippen molar-refractivity contribution in [1.29, 1.82) is 0 Å². The molecule has 0 aliphatic rings. The van der Waals surface area contributed by atoms with E-state index in [4.69, 9.17) is 11.6 Å². The molecule has 1 aromatic rings. The standard InChI is InChI=1S/C11H16ClN3O2/c1-11(2,3)7-14(4)10-8(15(16)17)5-6-9(12)13-10/h5-6H,7H2,1-4H3. The fourth-order valence-corrected chi connectivity index (χ4v) is 1.77. The number of hydrogen-bond acceptors (Lipinski definition) is 4. The molecule has 0 radical (unpaired) electrons. The predicted molar refractivity (Wildman–Crippen MR) is 68.6 cm³/mol. The van der Waals surface area contributed by atoms with Crippen LogP contribution in [0.2, 0.25) is 5.15 Å². The van der Waals surface area contributed by atoms with Gasteiger partial charge in [-0.05, 0) is 11.5 Å². The first-order valence-corrected chi connectivity index (χ1v) is 5.60. The molecule has 1 heterocycles. The molecule has 0 aromatic carbocycles. The highest BCUT2D eigenvalue weighted by atomic mass is 35.5. The van der Waals surface area contributed by atoms with Crippen molar-refractivity contribution in [2.24, 2.45) is 5.41 Å². The minimum atomic E-state index is -0.447. The van der Waals surface area contributed by atoms with Gasteiger partial charge in [0.2, 0.25) is 5.82 Å². The zero-order chi connectivity index (χ0) is 13.2. The van der Waals surface area contributed by atoms with Crippen LogP contribution in [0.25, 0.3) is 0 Å². The maximum Gasteiger partial charge on any atom is 0.311 e. The average Bonchev–Trinajstić information content (AvgIpc) is 2.14. The van der Waals surface area contributed by atoms with E-state index in [9.17, 15) is 10.1 Å². The molecule has 0 atom stereocenters. The van der Waals surface area contributed by atoms with Crippen LogP contribution in [0.3, 0.4) is 0 Å². The summed E-state index contributed by atoms with van der Waals surface area (Å²) in [6, 6.07) is 2.80. The minimum Gasteiger partial charge on any atom is -0.353 e. The second kappa shape index (κ2) is 4.87. The van der Waals surface area contributed by atoms with Crippen molar-refractivity contribution in [1.82, 2.24) is 4.98 Å². The molecule has 5 nitrogen and oxygen atoms in total. The molecule has 0 saturated carbocycles. The Hall–Kier alpha value is -1.36. The van der Waals surface area contributed by atoms with E-state index in [1.54, 1.807) is 11.9 Å². The van der Waals surface area contributed by atoms with E-state index in [2.05, 4.69) is 25.8 Å². The average molecular weight is 258 g/mol. The number of halogens is 1. The van der Waals surface area contributed by atoms with E-state index in [1.807, 2.05) is 0 Å². The second-order valence-electron chi connectivity index (χ2n) is 5.15. The molecule has 0 aliphatic carbocycles. The summed E-state index contributed by atoms with van der Waals surface area (Å²) < 4.78 is 0. The van der Waals surface area contributed by atoms with Crippen LogP contribution in [0.1, 0.15) is 20.8 Å².